The Balaban J connectivity index is 1.75. The van der Waals surface area contributed by atoms with Crippen LogP contribution in [0.5, 0.6) is 5.88 Å². The van der Waals surface area contributed by atoms with Crippen molar-refractivity contribution in [2.24, 2.45) is 7.05 Å². The van der Waals surface area contributed by atoms with E-state index in [4.69, 9.17) is 4.74 Å². The van der Waals surface area contributed by atoms with Crippen LogP contribution in [0.4, 0.5) is 5.69 Å². The Labute approximate surface area is 161 Å². The Kier molecular flexibility index (Phi) is 5.10. The third-order valence-corrected chi connectivity index (χ3v) is 4.78. The van der Waals surface area contributed by atoms with Crippen LogP contribution in [0.15, 0.2) is 33.2 Å². The number of amides is 1. The highest BCUT2D eigenvalue weighted by atomic mass is 79.9. The second-order valence-corrected chi connectivity index (χ2v) is 7.44. The van der Waals surface area contributed by atoms with Crippen LogP contribution in [0.2, 0.25) is 0 Å². The molecule has 0 bridgehead atoms. The molecule has 0 atom stereocenters. The summed E-state index contributed by atoms with van der Waals surface area (Å²) in [7, 11) is 1.81. The summed E-state index contributed by atoms with van der Waals surface area (Å²) in [5.41, 5.74) is 3.35. The molecule has 3 rings (SSSR count). The summed E-state index contributed by atoms with van der Waals surface area (Å²) in [6.45, 7) is 3.77. The number of aryl methyl sites for hydroxylation is 3. The van der Waals surface area contributed by atoms with E-state index < -0.39 is 0 Å². The number of benzene rings is 1. The molecule has 0 saturated heterocycles. The fourth-order valence-corrected chi connectivity index (χ4v) is 3.71. The van der Waals surface area contributed by atoms with E-state index in [2.05, 4.69) is 47.3 Å². The zero-order valence-corrected chi connectivity index (χ0v) is 17.1. The van der Waals surface area contributed by atoms with Crippen molar-refractivity contribution in [2.75, 3.05) is 11.9 Å². The van der Waals surface area contributed by atoms with Crippen molar-refractivity contribution in [1.82, 2.24) is 14.8 Å². The number of carbonyl (C=O) groups is 1. The molecule has 6 nitrogen and oxygen atoms in total. The lowest BCUT2D eigenvalue weighted by atomic mass is 10.2. The number of ether oxygens (including phenoxy) is 1. The maximum absolute atomic E-state index is 12.2. The molecule has 0 aliphatic heterocycles. The Hall–Kier alpha value is -1.93. The van der Waals surface area contributed by atoms with Gasteiger partial charge in [0.25, 0.3) is 5.91 Å². The maximum atomic E-state index is 12.2. The van der Waals surface area contributed by atoms with Gasteiger partial charge in [-0.1, -0.05) is 15.9 Å². The van der Waals surface area contributed by atoms with Crippen LogP contribution >= 0.6 is 31.9 Å². The van der Waals surface area contributed by atoms with E-state index >= 15 is 0 Å². The molecule has 2 heterocycles. The number of fused-ring (bicyclic) bond motifs is 1. The maximum Gasteiger partial charge on any atom is 0.262 e. The largest absolute Gasteiger partial charge is 0.466 e. The zero-order chi connectivity index (χ0) is 18.1. The van der Waals surface area contributed by atoms with Gasteiger partial charge in [-0.2, -0.15) is 0 Å². The highest BCUT2D eigenvalue weighted by molar-refractivity contribution is 9.11. The normalized spacial score (nSPS) is 10.9. The number of carbonyl (C=O) groups excluding carboxylic acids is 1. The molecule has 2 aromatic heterocycles. The van der Waals surface area contributed by atoms with Gasteiger partial charge in [0.15, 0.2) is 12.3 Å². The average Bonchev–Trinajstić information content (AvgIpc) is 2.84. The van der Waals surface area contributed by atoms with Gasteiger partial charge in [-0.05, 0) is 59.6 Å². The van der Waals surface area contributed by atoms with Crippen molar-refractivity contribution < 1.29 is 9.53 Å². The Morgan fingerprint density at radius 1 is 1.28 bits per heavy atom. The van der Waals surface area contributed by atoms with Crippen LogP contribution < -0.4 is 10.1 Å². The second-order valence-electron chi connectivity index (χ2n) is 5.67. The Morgan fingerprint density at radius 3 is 2.76 bits per heavy atom. The molecule has 1 aromatic carbocycles. The number of rotatable bonds is 4. The third kappa shape index (κ3) is 3.85. The van der Waals surface area contributed by atoms with Crippen molar-refractivity contribution in [3.05, 3.63) is 44.5 Å². The molecular formula is C17H16Br2N4O2. The summed E-state index contributed by atoms with van der Waals surface area (Å²) in [6.07, 6.45) is 0. The van der Waals surface area contributed by atoms with E-state index in [-0.39, 0.29) is 12.5 Å². The van der Waals surface area contributed by atoms with E-state index in [0.717, 1.165) is 31.2 Å². The van der Waals surface area contributed by atoms with Crippen LogP contribution in [-0.4, -0.2) is 27.3 Å². The minimum atomic E-state index is -0.264. The first-order chi connectivity index (χ1) is 11.8. The lowest BCUT2D eigenvalue weighted by molar-refractivity contribution is -0.118. The highest BCUT2D eigenvalue weighted by Gasteiger charge is 2.16. The molecule has 0 saturated carbocycles. The number of aromatic nitrogens is 3. The molecule has 130 valence electrons. The van der Waals surface area contributed by atoms with E-state index in [9.17, 15) is 4.79 Å². The molecule has 25 heavy (non-hydrogen) atoms. The standard InChI is InChI=1S/C17H16Br2N4O2/c1-9-6-10(2)20-16-15(9)17(22-23(16)3)25-8-14(24)21-13-5-4-11(18)7-12(13)19/h4-7H,8H2,1-3H3,(H,21,24). The number of halogens is 2. The number of nitrogens with zero attached hydrogens (tertiary/aromatic N) is 3. The van der Waals surface area contributed by atoms with Gasteiger partial charge in [0.2, 0.25) is 5.88 Å². The fraction of sp³-hybridized carbons (Fsp3) is 0.235. The summed E-state index contributed by atoms with van der Waals surface area (Å²) >= 11 is 6.79. The van der Waals surface area contributed by atoms with Crippen LogP contribution in [0.3, 0.4) is 0 Å². The summed E-state index contributed by atoms with van der Waals surface area (Å²) in [5, 5.41) is 7.97. The Morgan fingerprint density at radius 2 is 2.04 bits per heavy atom. The molecule has 0 radical (unpaired) electrons. The van der Waals surface area contributed by atoms with Crippen molar-refractivity contribution in [1.29, 1.82) is 0 Å². The molecule has 1 N–H and O–H groups in total. The summed E-state index contributed by atoms with van der Waals surface area (Å²) in [6, 6.07) is 7.49. The number of anilines is 1. The Bertz CT molecular complexity index is 969. The molecule has 1 amide bonds. The second kappa shape index (κ2) is 7.13. The lowest BCUT2D eigenvalue weighted by Crippen LogP contribution is -2.20. The molecule has 0 unspecified atom stereocenters. The predicted octanol–water partition coefficient (Wildman–Crippen LogP) is 4.13. The van der Waals surface area contributed by atoms with E-state index in [1.165, 1.54) is 0 Å². The highest BCUT2D eigenvalue weighted by Crippen LogP contribution is 2.28. The topological polar surface area (TPSA) is 69.0 Å². The number of pyridine rings is 1. The van der Waals surface area contributed by atoms with E-state index in [1.54, 1.807) is 17.8 Å². The minimum Gasteiger partial charge on any atom is -0.466 e. The molecule has 3 aromatic rings. The van der Waals surface area contributed by atoms with Crippen LogP contribution in [0.25, 0.3) is 11.0 Å². The smallest absolute Gasteiger partial charge is 0.262 e. The van der Waals surface area contributed by atoms with Crippen LogP contribution in [0, 0.1) is 13.8 Å². The number of hydrogen-bond donors (Lipinski definition) is 1. The van der Waals surface area contributed by atoms with Gasteiger partial charge in [-0.3, -0.25) is 4.79 Å². The minimum absolute atomic E-state index is 0.137. The van der Waals surface area contributed by atoms with Crippen molar-refractivity contribution in [2.45, 2.75) is 13.8 Å². The first-order valence-corrected chi connectivity index (χ1v) is 9.12. The van der Waals surface area contributed by atoms with E-state index in [0.29, 0.717) is 11.6 Å². The molecule has 0 fully saturated rings. The van der Waals surface area contributed by atoms with Gasteiger partial charge in [0.1, 0.15) is 0 Å². The van der Waals surface area contributed by atoms with Crippen molar-refractivity contribution in [3.8, 4) is 5.88 Å². The monoisotopic (exact) mass is 466 g/mol. The van der Waals surface area contributed by atoms with Gasteiger partial charge in [-0.25, -0.2) is 9.67 Å². The molecule has 0 spiro atoms. The van der Waals surface area contributed by atoms with Gasteiger partial charge in [0.05, 0.1) is 11.1 Å². The van der Waals surface area contributed by atoms with Crippen LogP contribution in [0.1, 0.15) is 11.3 Å². The average molecular weight is 468 g/mol. The van der Waals surface area contributed by atoms with Gasteiger partial charge >= 0.3 is 0 Å². The molecule has 8 heteroatoms. The van der Waals surface area contributed by atoms with Gasteiger partial charge in [-0.15, -0.1) is 5.10 Å². The quantitative estimate of drug-likeness (QED) is 0.626. The van der Waals surface area contributed by atoms with Crippen LogP contribution in [-0.2, 0) is 11.8 Å². The molecule has 0 aliphatic carbocycles. The number of nitrogens with one attached hydrogen (secondary N) is 1. The molecular weight excluding hydrogens is 452 g/mol. The first-order valence-electron chi connectivity index (χ1n) is 7.54. The summed E-state index contributed by atoms with van der Waals surface area (Å²) in [5.74, 6) is 0.145. The van der Waals surface area contributed by atoms with Gasteiger partial charge < -0.3 is 10.1 Å². The SMILES string of the molecule is Cc1cc(C)c2c(OCC(=O)Nc3ccc(Br)cc3Br)nn(C)c2n1. The number of hydrogen-bond acceptors (Lipinski definition) is 4. The fourth-order valence-electron chi connectivity index (χ4n) is 2.56. The first kappa shape index (κ1) is 17.9. The van der Waals surface area contributed by atoms with Gasteiger partial charge in [0, 0.05) is 21.7 Å². The van der Waals surface area contributed by atoms with E-state index in [1.807, 2.05) is 32.0 Å². The van der Waals surface area contributed by atoms with Crippen molar-refractivity contribution >= 4 is 54.5 Å². The lowest BCUT2D eigenvalue weighted by Gasteiger charge is -2.08. The third-order valence-electron chi connectivity index (χ3n) is 3.63. The van der Waals surface area contributed by atoms with Crippen molar-refractivity contribution in [3.63, 3.8) is 0 Å². The zero-order valence-electron chi connectivity index (χ0n) is 13.9. The summed E-state index contributed by atoms with van der Waals surface area (Å²) < 4.78 is 9.02. The summed E-state index contributed by atoms with van der Waals surface area (Å²) in [4.78, 5) is 16.7. The predicted molar refractivity (Wildman–Crippen MR) is 104 cm³/mol. The molecule has 0 aliphatic rings.